The molecule has 2 heterocycles. The van der Waals surface area contributed by atoms with E-state index in [1.54, 1.807) is 42.5 Å². The smallest absolute Gasteiger partial charge is 0.387 e. The molecule has 0 bridgehead atoms. The third-order valence-corrected chi connectivity index (χ3v) is 5.85. The fraction of sp³-hybridized carbons (Fsp3) is 0.200. The van der Waals surface area contributed by atoms with Gasteiger partial charge in [0.15, 0.2) is 11.5 Å². The van der Waals surface area contributed by atoms with E-state index in [9.17, 15) is 23.5 Å². The fourth-order valence-electron chi connectivity index (χ4n) is 4.46. The van der Waals surface area contributed by atoms with E-state index in [1.165, 1.54) is 29.2 Å². The van der Waals surface area contributed by atoms with Crippen LogP contribution in [0.4, 0.5) is 14.5 Å². The number of carboxylic acids is 1. The molecule has 1 N–H and O–H groups in total. The number of hydrogen-bond donors (Lipinski definition) is 1. The number of amides is 1. The summed E-state index contributed by atoms with van der Waals surface area (Å²) in [5.41, 5.74) is 1.53. The van der Waals surface area contributed by atoms with Crippen molar-refractivity contribution in [3.63, 3.8) is 0 Å². The Labute approximate surface area is 193 Å². The lowest BCUT2D eigenvalue weighted by Crippen LogP contribution is -2.45. The third kappa shape index (κ3) is 3.79. The van der Waals surface area contributed by atoms with E-state index in [1.807, 2.05) is 0 Å². The predicted octanol–water partition coefficient (Wildman–Crippen LogP) is 4.63. The lowest BCUT2D eigenvalue weighted by Gasteiger charge is -2.41. The first-order valence-corrected chi connectivity index (χ1v) is 10.5. The van der Waals surface area contributed by atoms with E-state index in [-0.39, 0.29) is 11.3 Å². The number of carboxylic acid groups (broad SMARTS) is 1. The van der Waals surface area contributed by atoms with Crippen molar-refractivity contribution in [2.45, 2.75) is 18.6 Å². The maximum atomic E-state index is 13.6. The van der Waals surface area contributed by atoms with Crippen molar-refractivity contribution in [3.8, 4) is 17.2 Å². The molecule has 3 aromatic carbocycles. The molecule has 0 fully saturated rings. The monoisotopic (exact) mass is 467 g/mol. The standard InChI is InChI=1S/C25H19F2NO6/c26-25(27)34-16-8-6-15(7-9-16)28-22(14-5-10-19-20(13-14)33-12-11-32-19)21(24(30)31)17-3-1-2-4-18(17)23(28)29/h1-10,13,21-22,25H,11-12H2,(H,30,31). The quantitative estimate of drug-likeness (QED) is 0.589. The van der Waals surface area contributed by atoms with Gasteiger partial charge in [-0.05, 0) is 53.6 Å². The summed E-state index contributed by atoms with van der Waals surface area (Å²) in [5, 5.41) is 10.3. The summed E-state index contributed by atoms with van der Waals surface area (Å²) < 4.78 is 40.8. The van der Waals surface area contributed by atoms with Gasteiger partial charge in [-0.2, -0.15) is 8.78 Å². The van der Waals surface area contributed by atoms with Crippen LogP contribution in [0.3, 0.4) is 0 Å². The average molecular weight is 467 g/mol. The minimum absolute atomic E-state index is 0.0747. The molecule has 174 valence electrons. The molecule has 1 amide bonds. The molecule has 0 saturated heterocycles. The molecule has 0 aromatic heterocycles. The minimum Gasteiger partial charge on any atom is -0.486 e. The highest BCUT2D eigenvalue weighted by molar-refractivity contribution is 6.11. The number of ether oxygens (including phenoxy) is 3. The van der Waals surface area contributed by atoms with Gasteiger partial charge < -0.3 is 19.3 Å². The third-order valence-electron chi connectivity index (χ3n) is 5.85. The SMILES string of the molecule is O=C(O)C1c2ccccc2C(=O)N(c2ccc(OC(F)F)cc2)C1c1ccc2c(c1)OCCO2. The van der Waals surface area contributed by atoms with E-state index >= 15 is 0 Å². The highest BCUT2D eigenvalue weighted by Crippen LogP contribution is 2.47. The van der Waals surface area contributed by atoms with Crippen LogP contribution >= 0.6 is 0 Å². The first kappa shape index (κ1) is 21.7. The second-order valence-electron chi connectivity index (χ2n) is 7.80. The molecule has 0 aliphatic carbocycles. The van der Waals surface area contributed by atoms with Crippen LogP contribution in [-0.2, 0) is 4.79 Å². The molecular formula is C25H19F2NO6. The van der Waals surface area contributed by atoms with Crippen LogP contribution in [-0.4, -0.2) is 36.8 Å². The van der Waals surface area contributed by atoms with Crippen LogP contribution < -0.4 is 19.1 Å². The Morgan fingerprint density at radius 2 is 1.71 bits per heavy atom. The number of anilines is 1. The molecular weight excluding hydrogens is 448 g/mol. The number of carbonyl (C=O) groups is 2. The van der Waals surface area contributed by atoms with E-state index in [0.717, 1.165) is 0 Å². The number of fused-ring (bicyclic) bond motifs is 2. The highest BCUT2D eigenvalue weighted by Gasteiger charge is 2.45. The van der Waals surface area contributed by atoms with Crippen molar-refractivity contribution in [1.82, 2.24) is 0 Å². The highest BCUT2D eigenvalue weighted by atomic mass is 19.3. The van der Waals surface area contributed by atoms with Gasteiger partial charge >= 0.3 is 12.6 Å². The lowest BCUT2D eigenvalue weighted by atomic mass is 9.79. The van der Waals surface area contributed by atoms with Crippen LogP contribution in [0, 0.1) is 0 Å². The van der Waals surface area contributed by atoms with Gasteiger partial charge in [-0.25, -0.2) is 0 Å². The van der Waals surface area contributed by atoms with E-state index in [0.29, 0.717) is 41.5 Å². The lowest BCUT2D eigenvalue weighted by molar-refractivity contribution is -0.139. The number of halogens is 2. The number of aliphatic carboxylic acids is 1. The van der Waals surface area contributed by atoms with Crippen LogP contribution in [0.15, 0.2) is 66.7 Å². The maximum Gasteiger partial charge on any atom is 0.387 e. The number of nitrogens with zero attached hydrogens (tertiary/aromatic N) is 1. The molecule has 3 aromatic rings. The Bertz CT molecular complexity index is 1250. The summed E-state index contributed by atoms with van der Waals surface area (Å²) in [7, 11) is 0. The zero-order chi connectivity index (χ0) is 23.8. The molecule has 0 spiro atoms. The van der Waals surface area contributed by atoms with Gasteiger partial charge in [0, 0.05) is 11.3 Å². The molecule has 2 unspecified atom stereocenters. The van der Waals surface area contributed by atoms with Crippen molar-refractivity contribution < 1.29 is 37.7 Å². The van der Waals surface area contributed by atoms with Crippen LogP contribution in [0.2, 0.25) is 0 Å². The second-order valence-corrected chi connectivity index (χ2v) is 7.80. The number of rotatable bonds is 5. The summed E-state index contributed by atoms with van der Waals surface area (Å²) in [5.74, 6) is -1.69. The number of benzene rings is 3. The van der Waals surface area contributed by atoms with Gasteiger partial charge in [-0.1, -0.05) is 24.3 Å². The summed E-state index contributed by atoms with van der Waals surface area (Å²) >= 11 is 0. The van der Waals surface area contributed by atoms with Crippen molar-refractivity contribution in [2.75, 3.05) is 18.1 Å². The average Bonchev–Trinajstić information content (AvgIpc) is 2.84. The van der Waals surface area contributed by atoms with E-state index < -0.39 is 30.4 Å². The summed E-state index contributed by atoms with van der Waals surface area (Å²) in [6.07, 6.45) is 0. The van der Waals surface area contributed by atoms with Crippen molar-refractivity contribution >= 4 is 17.6 Å². The topological polar surface area (TPSA) is 85.3 Å². The zero-order valence-corrected chi connectivity index (χ0v) is 17.7. The van der Waals surface area contributed by atoms with Gasteiger partial charge in [0.2, 0.25) is 0 Å². The molecule has 2 aliphatic heterocycles. The van der Waals surface area contributed by atoms with Crippen LogP contribution in [0.1, 0.15) is 33.4 Å². The zero-order valence-electron chi connectivity index (χ0n) is 17.7. The first-order valence-electron chi connectivity index (χ1n) is 10.5. The van der Waals surface area contributed by atoms with Gasteiger partial charge in [0.1, 0.15) is 24.9 Å². The Morgan fingerprint density at radius 1 is 1.00 bits per heavy atom. The van der Waals surface area contributed by atoms with E-state index in [2.05, 4.69) is 4.74 Å². The Morgan fingerprint density at radius 3 is 2.41 bits per heavy atom. The van der Waals surface area contributed by atoms with E-state index in [4.69, 9.17) is 9.47 Å². The largest absolute Gasteiger partial charge is 0.486 e. The number of alkyl halides is 2. The molecule has 9 heteroatoms. The minimum atomic E-state index is -2.99. The Kier molecular flexibility index (Phi) is 5.53. The molecule has 2 aliphatic rings. The second kappa shape index (κ2) is 8.66. The van der Waals surface area contributed by atoms with Crippen LogP contribution in [0.25, 0.3) is 0 Å². The summed E-state index contributed by atoms with van der Waals surface area (Å²) in [4.78, 5) is 27.6. The fourth-order valence-corrected chi connectivity index (χ4v) is 4.46. The first-order chi connectivity index (χ1) is 16.4. The van der Waals surface area contributed by atoms with Crippen molar-refractivity contribution in [3.05, 3.63) is 83.4 Å². The van der Waals surface area contributed by atoms with Crippen molar-refractivity contribution in [1.29, 1.82) is 0 Å². The molecule has 2 atom stereocenters. The molecule has 5 rings (SSSR count). The van der Waals surface area contributed by atoms with Gasteiger partial charge in [0.25, 0.3) is 5.91 Å². The Balaban J connectivity index is 1.67. The molecule has 0 saturated carbocycles. The van der Waals surface area contributed by atoms with Gasteiger partial charge in [-0.3, -0.25) is 14.5 Å². The molecule has 7 nitrogen and oxygen atoms in total. The molecule has 0 radical (unpaired) electrons. The van der Waals surface area contributed by atoms with Gasteiger partial charge in [0.05, 0.1) is 6.04 Å². The summed E-state index contributed by atoms with van der Waals surface area (Å²) in [6, 6.07) is 16.2. The number of hydrogen-bond acceptors (Lipinski definition) is 5. The van der Waals surface area contributed by atoms with Gasteiger partial charge in [-0.15, -0.1) is 0 Å². The summed E-state index contributed by atoms with van der Waals surface area (Å²) in [6.45, 7) is -2.24. The normalized spacial score (nSPS) is 19.0. The number of carbonyl (C=O) groups excluding carboxylic acids is 1. The van der Waals surface area contributed by atoms with Crippen molar-refractivity contribution in [2.24, 2.45) is 0 Å². The Hall–Kier alpha value is -4.14. The van der Waals surface area contributed by atoms with Crippen LogP contribution in [0.5, 0.6) is 17.2 Å². The maximum absolute atomic E-state index is 13.6. The predicted molar refractivity (Wildman–Crippen MR) is 117 cm³/mol. The molecule has 34 heavy (non-hydrogen) atoms.